The summed E-state index contributed by atoms with van der Waals surface area (Å²) in [4.78, 5) is 4.46. The van der Waals surface area contributed by atoms with Crippen LogP contribution in [0.5, 0.6) is 5.75 Å². The number of rotatable bonds is 2. The van der Waals surface area contributed by atoms with Crippen LogP contribution in [0.4, 0.5) is 0 Å². The number of hydrogen-bond acceptors (Lipinski definition) is 5. The van der Waals surface area contributed by atoms with E-state index in [9.17, 15) is 13.5 Å². The van der Waals surface area contributed by atoms with E-state index in [1.54, 1.807) is 12.4 Å². The van der Waals surface area contributed by atoms with Gasteiger partial charge in [-0.1, -0.05) is 30.3 Å². The lowest BCUT2D eigenvalue weighted by Gasteiger charge is -2.35. The summed E-state index contributed by atoms with van der Waals surface area (Å²) in [6.45, 7) is 0.290. The van der Waals surface area contributed by atoms with Crippen molar-refractivity contribution in [3.63, 3.8) is 0 Å². The van der Waals surface area contributed by atoms with Gasteiger partial charge in [0.2, 0.25) is 0 Å². The number of ether oxygens (including phenoxy) is 1. The van der Waals surface area contributed by atoms with Crippen molar-refractivity contribution in [2.24, 2.45) is 5.92 Å². The van der Waals surface area contributed by atoms with Crippen molar-refractivity contribution in [3.8, 4) is 17.0 Å². The van der Waals surface area contributed by atoms with Crippen LogP contribution >= 0.6 is 0 Å². The molecular formula is C20H18N2O4S. The quantitative estimate of drug-likeness (QED) is 0.737. The number of aromatic nitrogens is 2. The van der Waals surface area contributed by atoms with Gasteiger partial charge < -0.3 is 14.4 Å². The number of hydrogen-bond donors (Lipinski definition) is 1. The second kappa shape index (κ2) is 5.68. The SMILES string of the molecule is CS(=O)(=O)c1ccc2c(c1)OC[C@@H]([C@@H]1c3ccccc3-c3cncn31)[C@H]2O. The standard InChI is InChI=1S/C20H18N2O4S/c1-27(24,25)12-6-7-15-18(8-12)26-10-16(20(15)23)19-14-5-3-2-4-13(14)17-9-21-11-22(17)19/h2-9,11,16,19-20,23H,10H2,1H3/t16-,19-,20-/m0/s1. The summed E-state index contributed by atoms with van der Waals surface area (Å²) in [6, 6.07) is 12.7. The first-order valence-electron chi connectivity index (χ1n) is 8.71. The smallest absolute Gasteiger partial charge is 0.175 e. The summed E-state index contributed by atoms with van der Waals surface area (Å²) in [5.41, 5.74) is 3.90. The predicted molar refractivity (Wildman–Crippen MR) is 99.3 cm³/mol. The Morgan fingerprint density at radius 3 is 2.81 bits per heavy atom. The van der Waals surface area contributed by atoms with Gasteiger partial charge in [-0.2, -0.15) is 0 Å². The van der Waals surface area contributed by atoms with Crippen LogP contribution in [-0.4, -0.2) is 35.9 Å². The average molecular weight is 382 g/mol. The number of sulfone groups is 1. The molecule has 0 aliphatic carbocycles. The van der Waals surface area contributed by atoms with Gasteiger partial charge in [0.25, 0.3) is 0 Å². The summed E-state index contributed by atoms with van der Waals surface area (Å²) in [6.07, 6.45) is 4.01. The largest absolute Gasteiger partial charge is 0.493 e. The molecule has 3 heterocycles. The number of fused-ring (bicyclic) bond motifs is 4. The zero-order valence-corrected chi connectivity index (χ0v) is 15.4. The Balaban J connectivity index is 1.57. The molecular weight excluding hydrogens is 364 g/mol. The monoisotopic (exact) mass is 382 g/mol. The van der Waals surface area contributed by atoms with Gasteiger partial charge in [-0.05, 0) is 17.7 Å². The van der Waals surface area contributed by atoms with Crippen LogP contribution in [0.1, 0.15) is 23.3 Å². The van der Waals surface area contributed by atoms with E-state index in [0.717, 1.165) is 23.1 Å². The number of imidazole rings is 1. The summed E-state index contributed by atoms with van der Waals surface area (Å²) in [5, 5.41) is 11.1. The number of nitrogens with zero attached hydrogens (tertiary/aromatic N) is 2. The molecule has 138 valence electrons. The second-order valence-corrected chi connectivity index (χ2v) is 9.13. The fraction of sp³-hybridized carbons (Fsp3) is 0.250. The van der Waals surface area contributed by atoms with Crippen LogP contribution in [0.15, 0.2) is 59.9 Å². The molecule has 0 saturated carbocycles. The summed E-state index contributed by atoms with van der Waals surface area (Å²) in [5.74, 6) is 0.219. The molecule has 5 rings (SSSR count). The molecule has 0 radical (unpaired) electrons. The van der Waals surface area contributed by atoms with E-state index in [-0.39, 0.29) is 23.5 Å². The highest BCUT2D eigenvalue weighted by Gasteiger charge is 2.41. The van der Waals surface area contributed by atoms with Crippen molar-refractivity contribution in [1.82, 2.24) is 9.55 Å². The molecule has 0 bridgehead atoms. The van der Waals surface area contributed by atoms with Crippen molar-refractivity contribution >= 4 is 9.84 Å². The third kappa shape index (κ3) is 2.42. The number of aliphatic hydroxyl groups is 1. The minimum absolute atomic E-state index is 0.0866. The van der Waals surface area contributed by atoms with Gasteiger partial charge in [0, 0.05) is 23.3 Å². The zero-order chi connectivity index (χ0) is 18.8. The first kappa shape index (κ1) is 16.5. The maximum absolute atomic E-state index is 11.8. The summed E-state index contributed by atoms with van der Waals surface area (Å²) >= 11 is 0. The third-order valence-electron chi connectivity index (χ3n) is 5.50. The van der Waals surface area contributed by atoms with E-state index in [4.69, 9.17) is 4.74 Å². The molecule has 0 fully saturated rings. The summed E-state index contributed by atoms with van der Waals surface area (Å²) < 4.78 is 31.6. The van der Waals surface area contributed by atoms with Crippen LogP contribution in [0.3, 0.4) is 0 Å². The van der Waals surface area contributed by atoms with Gasteiger partial charge in [0.15, 0.2) is 9.84 Å². The van der Waals surface area contributed by atoms with Gasteiger partial charge >= 0.3 is 0 Å². The van der Waals surface area contributed by atoms with Gasteiger partial charge in [0.05, 0.1) is 41.9 Å². The minimum atomic E-state index is -3.33. The molecule has 0 spiro atoms. The molecule has 6 nitrogen and oxygen atoms in total. The molecule has 0 saturated heterocycles. The van der Waals surface area contributed by atoms with E-state index in [0.29, 0.717) is 11.3 Å². The molecule has 0 unspecified atom stereocenters. The highest BCUT2D eigenvalue weighted by atomic mass is 32.2. The second-order valence-electron chi connectivity index (χ2n) is 7.11. The molecule has 1 aromatic heterocycles. The topological polar surface area (TPSA) is 81.4 Å². The average Bonchev–Trinajstić information content (AvgIpc) is 3.22. The lowest BCUT2D eigenvalue weighted by Crippen LogP contribution is -2.33. The Labute approximate surface area is 157 Å². The van der Waals surface area contributed by atoms with Crippen LogP contribution in [-0.2, 0) is 9.84 Å². The fourth-order valence-corrected chi connectivity index (χ4v) is 4.83. The highest BCUT2D eigenvalue weighted by Crippen LogP contribution is 2.49. The predicted octanol–water partition coefficient (Wildman–Crippen LogP) is 2.60. The van der Waals surface area contributed by atoms with Gasteiger partial charge in [0.1, 0.15) is 5.75 Å². The van der Waals surface area contributed by atoms with Crippen molar-refractivity contribution in [2.75, 3.05) is 12.9 Å². The van der Waals surface area contributed by atoms with Crippen LogP contribution in [0.2, 0.25) is 0 Å². The molecule has 1 N–H and O–H groups in total. The molecule has 2 aliphatic heterocycles. The first-order chi connectivity index (χ1) is 12.9. The molecule has 2 aromatic carbocycles. The van der Waals surface area contributed by atoms with E-state index >= 15 is 0 Å². The highest BCUT2D eigenvalue weighted by molar-refractivity contribution is 7.90. The maximum Gasteiger partial charge on any atom is 0.175 e. The number of aliphatic hydroxyl groups excluding tert-OH is 1. The van der Waals surface area contributed by atoms with Gasteiger partial charge in [-0.25, -0.2) is 13.4 Å². The van der Waals surface area contributed by atoms with Crippen molar-refractivity contribution in [1.29, 1.82) is 0 Å². The van der Waals surface area contributed by atoms with E-state index < -0.39 is 15.9 Å². The molecule has 3 aromatic rings. The molecule has 3 atom stereocenters. The Morgan fingerprint density at radius 2 is 2.00 bits per heavy atom. The summed E-state index contributed by atoms with van der Waals surface area (Å²) in [7, 11) is -3.33. The van der Waals surface area contributed by atoms with Crippen LogP contribution in [0.25, 0.3) is 11.3 Å². The first-order valence-corrected chi connectivity index (χ1v) is 10.6. The fourth-order valence-electron chi connectivity index (χ4n) is 4.20. The molecule has 7 heteroatoms. The Morgan fingerprint density at radius 1 is 1.19 bits per heavy atom. The Kier molecular flexibility index (Phi) is 3.47. The van der Waals surface area contributed by atoms with Crippen molar-refractivity contribution < 1.29 is 18.3 Å². The van der Waals surface area contributed by atoms with E-state index in [1.807, 2.05) is 18.3 Å². The van der Waals surface area contributed by atoms with Crippen molar-refractivity contribution in [3.05, 3.63) is 66.1 Å². The van der Waals surface area contributed by atoms with E-state index in [2.05, 4.69) is 21.7 Å². The van der Waals surface area contributed by atoms with Crippen molar-refractivity contribution in [2.45, 2.75) is 17.0 Å². The molecule has 27 heavy (non-hydrogen) atoms. The minimum Gasteiger partial charge on any atom is -0.493 e. The third-order valence-corrected chi connectivity index (χ3v) is 6.61. The van der Waals surface area contributed by atoms with Crippen LogP contribution < -0.4 is 4.74 Å². The van der Waals surface area contributed by atoms with Gasteiger partial charge in [-0.15, -0.1) is 0 Å². The lowest BCUT2D eigenvalue weighted by molar-refractivity contribution is 0.0310. The lowest BCUT2D eigenvalue weighted by atomic mass is 9.84. The van der Waals surface area contributed by atoms with Gasteiger partial charge in [-0.3, -0.25) is 0 Å². The Hall–Kier alpha value is -2.64. The Bertz CT molecular complexity index is 1150. The molecule has 0 amide bonds. The van der Waals surface area contributed by atoms with Crippen LogP contribution in [0, 0.1) is 5.92 Å². The zero-order valence-electron chi connectivity index (χ0n) is 14.6. The van der Waals surface area contributed by atoms with E-state index in [1.165, 1.54) is 12.1 Å². The molecule has 2 aliphatic rings. The normalized spacial score (nSPS) is 23.3. The number of benzene rings is 2. The maximum atomic E-state index is 11.8.